The van der Waals surface area contributed by atoms with Gasteiger partial charge in [-0.25, -0.2) is 5.01 Å². The van der Waals surface area contributed by atoms with Gasteiger partial charge in [-0.3, -0.25) is 0 Å². The molecule has 3 N–H and O–H groups in total. The third kappa shape index (κ3) is 3.02. The molecular formula is C9H12F3N3. The molecule has 0 aliphatic rings. The summed E-state index contributed by atoms with van der Waals surface area (Å²) in [6, 6.07) is 3.70. The molecule has 0 aliphatic carbocycles. The van der Waals surface area contributed by atoms with Gasteiger partial charge in [0.25, 0.3) is 0 Å². The van der Waals surface area contributed by atoms with Crippen LogP contribution in [-0.4, -0.2) is 19.1 Å². The van der Waals surface area contributed by atoms with Gasteiger partial charge in [-0.2, -0.15) is 13.2 Å². The van der Waals surface area contributed by atoms with Crippen LogP contribution in [0.15, 0.2) is 18.2 Å². The normalized spacial score (nSPS) is 11.9. The van der Waals surface area contributed by atoms with Gasteiger partial charge in [0.2, 0.25) is 0 Å². The molecule has 0 bridgehead atoms. The van der Waals surface area contributed by atoms with Gasteiger partial charge in [0.05, 0.1) is 5.56 Å². The van der Waals surface area contributed by atoms with Crippen molar-refractivity contribution >= 4 is 11.4 Å². The first-order valence-corrected chi connectivity index (χ1v) is 4.21. The number of alkyl halides is 3. The Morgan fingerprint density at radius 1 is 1.27 bits per heavy atom. The van der Waals surface area contributed by atoms with E-state index in [0.717, 1.165) is 6.07 Å². The van der Waals surface area contributed by atoms with Crippen LogP contribution in [0.25, 0.3) is 0 Å². The summed E-state index contributed by atoms with van der Waals surface area (Å²) in [7, 11) is 3.37. The van der Waals surface area contributed by atoms with Crippen LogP contribution in [0, 0.1) is 0 Å². The quantitative estimate of drug-likeness (QED) is 0.591. The van der Waals surface area contributed by atoms with Gasteiger partial charge < -0.3 is 11.2 Å². The van der Waals surface area contributed by atoms with Crippen molar-refractivity contribution in [2.24, 2.45) is 0 Å². The van der Waals surface area contributed by atoms with Crippen LogP contribution >= 0.6 is 0 Å². The molecule has 0 aromatic heterocycles. The van der Waals surface area contributed by atoms with Gasteiger partial charge >= 0.3 is 6.18 Å². The first-order chi connectivity index (χ1) is 6.80. The highest BCUT2D eigenvalue weighted by Crippen LogP contribution is 2.35. The molecule has 0 heterocycles. The number of rotatable bonds is 2. The summed E-state index contributed by atoms with van der Waals surface area (Å²) in [6.07, 6.45) is -4.42. The predicted octanol–water partition coefficient (Wildman–Crippen LogP) is 2.18. The number of benzene rings is 1. The third-order valence-corrected chi connectivity index (χ3v) is 1.71. The number of nitrogens with one attached hydrogen (secondary N) is 1. The van der Waals surface area contributed by atoms with E-state index in [2.05, 4.69) is 5.43 Å². The molecule has 84 valence electrons. The van der Waals surface area contributed by atoms with Crippen molar-refractivity contribution in [3.05, 3.63) is 23.8 Å². The summed E-state index contributed by atoms with van der Waals surface area (Å²) < 4.78 is 37.3. The maximum atomic E-state index is 12.4. The Morgan fingerprint density at radius 2 is 1.87 bits per heavy atom. The Labute approximate surface area is 85.6 Å². The number of hydrogen-bond donors (Lipinski definition) is 2. The minimum atomic E-state index is -4.42. The first kappa shape index (κ1) is 11.6. The SMILES string of the molecule is CN(C)Nc1ccc(N)c(C(F)(F)F)c1. The van der Waals surface area contributed by atoms with Crippen molar-refractivity contribution in [1.29, 1.82) is 0 Å². The molecule has 0 saturated carbocycles. The molecule has 0 radical (unpaired) electrons. The standard InChI is InChI=1S/C9H12F3N3/c1-15(2)14-6-3-4-8(13)7(5-6)9(10,11)12/h3-5,14H,13H2,1-2H3. The van der Waals surface area contributed by atoms with E-state index in [4.69, 9.17) is 5.73 Å². The molecule has 0 fully saturated rings. The Kier molecular flexibility index (Phi) is 3.09. The maximum absolute atomic E-state index is 12.4. The molecule has 1 aromatic carbocycles. The smallest absolute Gasteiger partial charge is 0.398 e. The van der Waals surface area contributed by atoms with E-state index >= 15 is 0 Å². The topological polar surface area (TPSA) is 41.3 Å². The van der Waals surface area contributed by atoms with Crippen LogP contribution in [0.4, 0.5) is 24.5 Å². The highest BCUT2D eigenvalue weighted by molar-refractivity contribution is 5.57. The number of anilines is 2. The van der Waals surface area contributed by atoms with Crippen LogP contribution in [0.1, 0.15) is 5.56 Å². The highest BCUT2D eigenvalue weighted by Gasteiger charge is 2.33. The van der Waals surface area contributed by atoms with E-state index in [1.54, 1.807) is 19.1 Å². The van der Waals surface area contributed by atoms with Crippen molar-refractivity contribution in [2.75, 3.05) is 25.3 Å². The minimum Gasteiger partial charge on any atom is -0.398 e. The molecular weight excluding hydrogens is 207 g/mol. The van der Waals surface area contributed by atoms with Crippen molar-refractivity contribution in [2.45, 2.75) is 6.18 Å². The van der Waals surface area contributed by atoms with Crippen molar-refractivity contribution < 1.29 is 13.2 Å². The Balaban J connectivity index is 3.06. The molecule has 0 unspecified atom stereocenters. The van der Waals surface area contributed by atoms with Gasteiger partial charge in [0, 0.05) is 25.5 Å². The first-order valence-electron chi connectivity index (χ1n) is 4.21. The van der Waals surface area contributed by atoms with Crippen LogP contribution in [0.2, 0.25) is 0 Å². The zero-order valence-electron chi connectivity index (χ0n) is 8.39. The second-order valence-corrected chi connectivity index (χ2v) is 3.31. The van der Waals surface area contributed by atoms with Crippen LogP contribution in [0.3, 0.4) is 0 Å². The minimum absolute atomic E-state index is 0.271. The van der Waals surface area contributed by atoms with Crippen LogP contribution in [0.5, 0.6) is 0 Å². The number of hydrogen-bond acceptors (Lipinski definition) is 3. The monoisotopic (exact) mass is 219 g/mol. The fraction of sp³-hybridized carbons (Fsp3) is 0.333. The Hall–Kier alpha value is -1.43. The number of nitrogens with two attached hydrogens (primary N) is 1. The Morgan fingerprint density at radius 3 is 2.33 bits per heavy atom. The van der Waals surface area contributed by atoms with E-state index in [1.807, 2.05) is 0 Å². The number of hydrazine groups is 1. The molecule has 0 atom stereocenters. The zero-order valence-corrected chi connectivity index (χ0v) is 8.39. The lowest BCUT2D eigenvalue weighted by Crippen LogP contribution is -2.20. The number of halogens is 3. The Bertz CT molecular complexity index is 347. The molecule has 3 nitrogen and oxygen atoms in total. The molecule has 1 rings (SSSR count). The molecule has 0 amide bonds. The lowest BCUT2D eigenvalue weighted by molar-refractivity contribution is -0.136. The fourth-order valence-electron chi connectivity index (χ4n) is 1.13. The lowest BCUT2D eigenvalue weighted by atomic mass is 10.1. The van der Waals surface area contributed by atoms with Crippen LogP contribution < -0.4 is 11.2 Å². The molecule has 15 heavy (non-hydrogen) atoms. The van der Waals surface area contributed by atoms with Gasteiger partial charge in [0.1, 0.15) is 0 Å². The van der Waals surface area contributed by atoms with E-state index in [-0.39, 0.29) is 5.69 Å². The average molecular weight is 219 g/mol. The summed E-state index contributed by atoms with van der Waals surface area (Å²) in [4.78, 5) is 0. The zero-order chi connectivity index (χ0) is 11.6. The van der Waals surface area contributed by atoms with E-state index in [1.165, 1.54) is 12.1 Å². The van der Waals surface area contributed by atoms with Gasteiger partial charge in [-0.15, -0.1) is 0 Å². The molecule has 0 saturated heterocycles. The molecule has 0 spiro atoms. The van der Waals surface area contributed by atoms with Gasteiger partial charge in [-0.1, -0.05) is 0 Å². The van der Waals surface area contributed by atoms with Gasteiger partial charge in [-0.05, 0) is 18.2 Å². The van der Waals surface area contributed by atoms with Crippen molar-refractivity contribution in [1.82, 2.24) is 5.01 Å². The summed E-state index contributed by atoms with van der Waals surface area (Å²) in [6.45, 7) is 0. The van der Waals surface area contributed by atoms with Crippen molar-refractivity contribution in [3.8, 4) is 0 Å². The number of nitrogen functional groups attached to an aromatic ring is 1. The third-order valence-electron chi connectivity index (χ3n) is 1.71. The molecule has 6 heteroatoms. The summed E-state index contributed by atoms with van der Waals surface area (Å²) >= 11 is 0. The summed E-state index contributed by atoms with van der Waals surface area (Å²) in [5.74, 6) is 0. The molecule has 1 aromatic rings. The second-order valence-electron chi connectivity index (χ2n) is 3.31. The van der Waals surface area contributed by atoms with Crippen LogP contribution in [-0.2, 0) is 6.18 Å². The average Bonchev–Trinajstić information content (AvgIpc) is 2.05. The van der Waals surface area contributed by atoms with E-state index < -0.39 is 11.7 Å². The number of nitrogens with zero attached hydrogens (tertiary/aromatic N) is 1. The van der Waals surface area contributed by atoms with Crippen molar-refractivity contribution in [3.63, 3.8) is 0 Å². The fourth-order valence-corrected chi connectivity index (χ4v) is 1.13. The van der Waals surface area contributed by atoms with E-state index in [0.29, 0.717) is 5.69 Å². The van der Waals surface area contributed by atoms with Gasteiger partial charge in [0.15, 0.2) is 0 Å². The summed E-state index contributed by atoms with van der Waals surface area (Å²) in [5, 5.41) is 1.55. The van der Waals surface area contributed by atoms with E-state index in [9.17, 15) is 13.2 Å². The lowest BCUT2D eigenvalue weighted by Gasteiger charge is -2.16. The maximum Gasteiger partial charge on any atom is 0.418 e. The summed E-state index contributed by atoms with van der Waals surface area (Å²) in [5.41, 5.74) is 7.22. The second kappa shape index (κ2) is 3.98. The molecule has 0 aliphatic heterocycles. The largest absolute Gasteiger partial charge is 0.418 e. The predicted molar refractivity (Wildman–Crippen MR) is 53.2 cm³/mol. The highest BCUT2D eigenvalue weighted by atomic mass is 19.4.